The van der Waals surface area contributed by atoms with Gasteiger partial charge in [0.15, 0.2) is 5.78 Å². The van der Waals surface area contributed by atoms with Crippen LogP contribution in [0.3, 0.4) is 0 Å². The number of phenolic OH excluding ortho intramolecular Hbond substituents is 1. The molecule has 0 aliphatic heterocycles. The van der Waals surface area contributed by atoms with Crippen molar-refractivity contribution in [3.63, 3.8) is 0 Å². The summed E-state index contributed by atoms with van der Waals surface area (Å²) in [7, 11) is 0. The number of nitrogens with zero attached hydrogens (tertiary/aromatic N) is 2. The molecule has 3 aromatic rings. The van der Waals surface area contributed by atoms with E-state index in [1.165, 1.54) is 30.3 Å². The van der Waals surface area contributed by atoms with Crippen molar-refractivity contribution in [3.05, 3.63) is 59.9 Å². The van der Waals surface area contributed by atoms with E-state index in [1.54, 1.807) is 18.2 Å². The van der Waals surface area contributed by atoms with Crippen LogP contribution in [0.4, 0.5) is 4.39 Å². The summed E-state index contributed by atoms with van der Waals surface area (Å²) in [5.41, 5.74) is 0.844. The molecular formula is C16H11FN2O3S. The average molecular weight is 330 g/mol. The fourth-order valence-corrected chi connectivity index (χ4v) is 2.54. The zero-order valence-corrected chi connectivity index (χ0v) is 12.6. The molecule has 0 saturated carbocycles. The number of hydrogen-bond donors (Lipinski definition) is 1. The first-order valence-electron chi connectivity index (χ1n) is 6.67. The average Bonchev–Trinajstić information content (AvgIpc) is 3.02. The van der Waals surface area contributed by atoms with Crippen LogP contribution in [0, 0.1) is 5.82 Å². The van der Waals surface area contributed by atoms with Gasteiger partial charge in [0.1, 0.15) is 11.6 Å². The standard InChI is InChI=1S/C16H11FN2O3S/c17-11-7-5-10(6-8-11)14(21)9-23-16-19-18-15(22-16)12-3-1-2-4-13(12)20/h1-8,20H,9H2. The first kappa shape index (κ1) is 15.2. The van der Waals surface area contributed by atoms with Crippen molar-refractivity contribution >= 4 is 17.5 Å². The van der Waals surface area contributed by atoms with E-state index in [0.29, 0.717) is 11.1 Å². The number of benzene rings is 2. The molecule has 0 radical (unpaired) electrons. The Labute approximate surface area is 135 Å². The number of thioether (sulfide) groups is 1. The lowest BCUT2D eigenvalue weighted by Gasteiger charge is -1.99. The highest BCUT2D eigenvalue weighted by Gasteiger charge is 2.14. The van der Waals surface area contributed by atoms with E-state index < -0.39 is 5.82 Å². The molecule has 0 atom stereocenters. The minimum Gasteiger partial charge on any atom is -0.507 e. The third-order valence-electron chi connectivity index (χ3n) is 3.03. The number of para-hydroxylation sites is 1. The van der Waals surface area contributed by atoms with Crippen molar-refractivity contribution in [2.24, 2.45) is 0 Å². The highest BCUT2D eigenvalue weighted by atomic mass is 32.2. The van der Waals surface area contributed by atoms with Crippen molar-refractivity contribution in [2.75, 3.05) is 5.75 Å². The first-order valence-corrected chi connectivity index (χ1v) is 7.65. The highest BCUT2D eigenvalue weighted by molar-refractivity contribution is 7.99. The van der Waals surface area contributed by atoms with Crippen LogP contribution in [0.1, 0.15) is 10.4 Å². The normalized spacial score (nSPS) is 10.7. The lowest BCUT2D eigenvalue weighted by molar-refractivity contribution is 0.102. The minimum absolute atomic E-state index is 0.0371. The molecule has 23 heavy (non-hydrogen) atoms. The molecule has 1 heterocycles. The molecule has 116 valence electrons. The van der Waals surface area contributed by atoms with Gasteiger partial charge in [-0.25, -0.2) is 4.39 Å². The maximum atomic E-state index is 12.8. The number of aromatic nitrogens is 2. The van der Waals surface area contributed by atoms with E-state index >= 15 is 0 Å². The molecule has 5 nitrogen and oxygen atoms in total. The van der Waals surface area contributed by atoms with Gasteiger partial charge in [-0.3, -0.25) is 4.79 Å². The van der Waals surface area contributed by atoms with Gasteiger partial charge in [-0.2, -0.15) is 0 Å². The minimum atomic E-state index is -0.390. The lowest BCUT2D eigenvalue weighted by Crippen LogP contribution is -2.02. The molecule has 1 aromatic heterocycles. The summed E-state index contributed by atoms with van der Waals surface area (Å²) in [6.07, 6.45) is 0. The Hall–Kier alpha value is -2.67. The van der Waals surface area contributed by atoms with E-state index in [-0.39, 0.29) is 28.4 Å². The van der Waals surface area contributed by atoms with Gasteiger partial charge < -0.3 is 9.52 Å². The molecule has 3 rings (SSSR count). The first-order chi connectivity index (χ1) is 11.1. The highest BCUT2D eigenvalue weighted by Crippen LogP contribution is 2.29. The van der Waals surface area contributed by atoms with Gasteiger partial charge in [-0.15, -0.1) is 10.2 Å². The molecular weight excluding hydrogens is 319 g/mol. The molecule has 0 bridgehead atoms. The van der Waals surface area contributed by atoms with Crippen molar-refractivity contribution in [2.45, 2.75) is 5.22 Å². The predicted molar refractivity (Wildman–Crippen MR) is 82.9 cm³/mol. The third-order valence-corrected chi connectivity index (χ3v) is 3.85. The second-order valence-corrected chi connectivity index (χ2v) is 5.54. The summed E-state index contributed by atoms with van der Waals surface area (Å²) in [6, 6.07) is 11.9. The van der Waals surface area contributed by atoms with Gasteiger partial charge in [-0.1, -0.05) is 23.9 Å². The number of aromatic hydroxyl groups is 1. The SMILES string of the molecule is O=C(CSc1nnc(-c2ccccc2O)o1)c1ccc(F)cc1. The van der Waals surface area contributed by atoms with Crippen molar-refractivity contribution in [3.8, 4) is 17.2 Å². The molecule has 7 heteroatoms. The third kappa shape index (κ3) is 3.57. The molecule has 0 aliphatic carbocycles. The quantitative estimate of drug-likeness (QED) is 0.569. The Morgan fingerprint density at radius 2 is 1.87 bits per heavy atom. The second-order valence-electron chi connectivity index (χ2n) is 4.61. The zero-order chi connectivity index (χ0) is 16.2. The van der Waals surface area contributed by atoms with Crippen LogP contribution in [0.15, 0.2) is 58.2 Å². The maximum absolute atomic E-state index is 12.8. The molecule has 0 amide bonds. The smallest absolute Gasteiger partial charge is 0.277 e. The molecule has 2 aromatic carbocycles. The van der Waals surface area contributed by atoms with Crippen LogP contribution < -0.4 is 0 Å². The Bertz CT molecular complexity index is 833. The lowest BCUT2D eigenvalue weighted by atomic mass is 10.1. The summed E-state index contributed by atoms with van der Waals surface area (Å²) < 4.78 is 18.3. The summed E-state index contributed by atoms with van der Waals surface area (Å²) in [5.74, 6) is -0.251. The van der Waals surface area contributed by atoms with Gasteiger partial charge in [0.25, 0.3) is 11.1 Å². The van der Waals surface area contributed by atoms with E-state index in [9.17, 15) is 14.3 Å². The largest absolute Gasteiger partial charge is 0.507 e. The van der Waals surface area contributed by atoms with Crippen molar-refractivity contribution < 1.29 is 18.7 Å². The van der Waals surface area contributed by atoms with E-state index in [2.05, 4.69) is 10.2 Å². The number of ketones is 1. The van der Waals surface area contributed by atoms with Crippen LogP contribution in [0.2, 0.25) is 0 Å². The molecule has 0 fully saturated rings. The van der Waals surface area contributed by atoms with Crippen LogP contribution in [-0.2, 0) is 0 Å². The van der Waals surface area contributed by atoms with Gasteiger partial charge in [0, 0.05) is 5.56 Å². The summed E-state index contributed by atoms with van der Waals surface area (Å²) in [4.78, 5) is 12.0. The summed E-state index contributed by atoms with van der Waals surface area (Å²) in [6.45, 7) is 0. The van der Waals surface area contributed by atoms with Crippen molar-refractivity contribution in [1.29, 1.82) is 0 Å². The Kier molecular flexibility index (Phi) is 4.38. The van der Waals surface area contributed by atoms with Gasteiger partial charge >= 0.3 is 0 Å². The number of carbonyl (C=O) groups is 1. The zero-order valence-electron chi connectivity index (χ0n) is 11.8. The predicted octanol–water partition coefficient (Wildman–Crippen LogP) is 3.56. The van der Waals surface area contributed by atoms with E-state index in [0.717, 1.165) is 11.8 Å². The van der Waals surface area contributed by atoms with Crippen LogP contribution in [0.25, 0.3) is 11.5 Å². The van der Waals surface area contributed by atoms with Gasteiger partial charge in [0.2, 0.25) is 0 Å². The fraction of sp³-hybridized carbons (Fsp3) is 0.0625. The fourth-order valence-electron chi connectivity index (χ4n) is 1.88. The maximum Gasteiger partial charge on any atom is 0.277 e. The number of carbonyl (C=O) groups excluding carboxylic acids is 1. The molecule has 0 saturated heterocycles. The van der Waals surface area contributed by atoms with Crippen LogP contribution >= 0.6 is 11.8 Å². The number of rotatable bonds is 5. The number of phenols is 1. The van der Waals surface area contributed by atoms with Gasteiger partial charge in [-0.05, 0) is 36.4 Å². The van der Waals surface area contributed by atoms with Crippen molar-refractivity contribution in [1.82, 2.24) is 10.2 Å². The Morgan fingerprint density at radius 1 is 1.13 bits per heavy atom. The number of Topliss-reactive ketones (excluding diaryl/α,β-unsaturated/α-hetero) is 1. The molecule has 0 aliphatic rings. The molecule has 0 unspecified atom stereocenters. The van der Waals surface area contributed by atoms with Crippen LogP contribution in [0.5, 0.6) is 5.75 Å². The number of hydrogen-bond acceptors (Lipinski definition) is 6. The summed E-state index contributed by atoms with van der Waals surface area (Å²) in [5, 5.41) is 17.7. The monoisotopic (exact) mass is 330 g/mol. The van der Waals surface area contributed by atoms with E-state index in [1.807, 2.05) is 0 Å². The second kappa shape index (κ2) is 6.62. The Morgan fingerprint density at radius 3 is 2.61 bits per heavy atom. The number of halogens is 1. The topological polar surface area (TPSA) is 76.2 Å². The Balaban J connectivity index is 1.67. The molecule has 1 N–H and O–H groups in total. The molecule has 0 spiro atoms. The van der Waals surface area contributed by atoms with E-state index in [4.69, 9.17) is 4.42 Å². The van der Waals surface area contributed by atoms with Crippen LogP contribution in [-0.4, -0.2) is 26.8 Å². The van der Waals surface area contributed by atoms with Gasteiger partial charge in [0.05, 0.1) is 11.3 Å². The summed E-state index contributed by atoms with van der Waals surface area (Å²) >= 11 is 1.08.